The minimum Gasteiger partial charge on any atom is -0.354 e. The molecule has 2 amide bonds. The molecule has 2 aromatic rings. The van der Waals surface area contributed by atoms with Crippen molar-refractivity contribution < 1.29 is 18.0 Å². The number of para-hydroxylation sites is 1. The van der Waals surface area contributed by atoms with Crippen molar-refractivity contribution in [2.24, 2.45) is 5.92 Å². The van der Waals surface area contributed by atoms with Crippen LogP contribution in [0.4, 0.5) is 5.69 Å². The third-order valence-corrected chi connectivity index (χ3v) is 7.19. The molecule has 0 aliphatic rings. The van der Waals surface area contributed by atoms with Crippen molar-refractivity contribution in [3.05, 3.63) is 63.6 Å². The van der Waals surface area contributed by atoms with Crippen molar-refractivity contribution in [3.8, 4) is 0 Å². The summed E-state index contributed by atoms with van der Waals surface area (Å²) in [6.07, 6.45) is 1.42. The van der Waals surface area contributed by atoms with Gasteiger partial charge in [0.25, 0.3) is 0 Å². The fourth-order valence-corrected chi connectivity index (χ4v) is 4.98. The highest BCUT2D eigenvalue weighted by molar-refractivity contribution is 9.10. The molecule has 0 bridgehead atoms. The summed E-state index contributed by atoms with van der Waals surface area (Å²) in [5, 5.41) is 3.45. The Morgan fingerprint density at radius 3 is 2.24 bits per heavy atom. The number of carbonyl (C=O) groups excluding carboxylic acids is 2. The molecule has 0 fully saturated rings. The van der Waals surface area contributed by atoms with Crippen LogP contribution in [0.2, 0.25) is 5.02 Å². The number of carbonyl (C=O) groups is 2. The summed E-state index contributed by atoms with van der Waals surface area (Å²) >= 11 is 9.37. The van der Waals surface area contributed by atoms with E-state index in [2.05, 4.69) is 21.2 Å². The SMILES string of the molecule is CCC(C(=O)NCC(C)C)N(Cc1ccc(Cl)cc1)C(=O)CN(c1ccccc1Br)S(C)(=O)=O. The molecule has 2 rings (SSSR count). The molecule has 7 nitrogen and oxygen atoms in total. The molecule has 34 heavy (non-hydrogen) atoms. The van der Waals surface area contributed by atoms with Gasteiger partial charge in [-0.05, 0) is 58.1 Å². The molecular weight excluding hydrogens is 542 g/mol. The number of amides is 2. The number of anilines is 1. The molecule has 0 heterocycles. The highest BCUT2D eigenvalue weighted by atomic mass is 79.9. The maximum atomic E-state index is 13.6. The first-order valence-corrected chi connectivity index (χ1v) is 14.0. The van der Waals surface area contributed by atoms with Gasteiger partial charge in [0.15, 0.2) is 0 Å². The molecule has 0 saturated carbocycles. The van der Waals surface area contributed by atoms with Crippen LogP contribution in [0.1, 0.15) is 32.8 Å². The number of sulfonamides is 1. The molecule has 0 radical (unpaired) electrons. The van der Waals surface area contributed by atoms with Gasteiger partial charge in [-0.15, -0.1) is 0 Å². The second-order valence-electron chi connectivity index (χ2n) is 8.43. The van der Waals surface area contributed by atoms with E-state index in [0.717, 1.165) is 16.1 Å². The average molecular weight is 573 g/mol. The molecule has 186 valence electrons. The van der Waals surface area contributed by atoms with Crippen LogP contribution >= 0.6 is 27.5 Å². The van der Waals surface area contributed by atoms with Crippen LogP contribution in [0.3, 0.4) is 0 Å². The first-order chi connectivity index (χ1) is 15.9. The largest absolute Gasteiger partial charge is 0.354 e. The zero-order valence-electron chi connectivity index (χ0n) is 19.8. The average Bonchev–Trinajstić information content (AvgIpc) is 2.77. The van der Waals surface area contributed by atoms with E-state index in [-0.39, 0.29) is 18.4 Å². The number of nitrogens with one attached hydrogen (secondary N) is 1. The number of rotatable bonds is 11. The van der Waals surface area contributed by atoms with Gasteiger partial charge in [0.2, 0.25) is 21.8 Å². The lowest BCUT2D eigenvalue weighted by Gasteiger charge is -2.33. The summed E-state index contributed by atoms with van der Waals surface area (Å²) in [5.74, 6) is -0.508. The molecule has 0 spiro atoms. The van der Waals surface area contributed by atoms with Gasteiger partial charge in [-0.25, -0.2) is 8.42 Å². The van der Waals surface area contributed by atoms with E-state index < -0.39 is 28.5 Å². The summed E-state index contributed by atoms with van der Waals surface area (Å²) in [7, 11) is -3.78. The Kier molecular flexibility index (Phi) is 10.4. The monoisotopic (exact) mass is 571 g/mol. The fraction of sp³-hybridized carbons (Fsp3) is 0.417. The van der Waals surface area contributed by atoms with Gasteiger partial charge in [-0.2, -0.15) is 0 Å². The number of hydrogen-bond donors (Lipinski definition) is 1. The summed E-state index contributed by atoms with van der Waals surface area (Å²) < 4.78 is 26.8. The van der Waals surface area contributed by atoms with Crippen LogP contribution in [0.15, 0.2) is 53.0 Å². The second kappa shape index (κ2) is 12.6. The Morgan fingerprint density at radius 2 is 1.71 bits per heavy atom. The zero-order valence-corrected chi connectivity index (χ0v) is 23.0. The fourth-order valence-electron chi connectivity index (χ4n) is 3.38. The smallest absolute Gasteiger partial charge is 0.244 e. The summed E-state index contributed by atoms with van der Waals surface area (Å²) in [5.41, 5.74) is 1.13. The van der Waals surface area contributed by atoms with Gasteiger partial charge in [-0.1, -0.05) is 56.6 Å². The first kappa shape index (κ1) is 28.1. The van der Waals surface area contributed by atoms with E-state index in [0.29, 0.717) is 28.1 Å². The van der Waals surface area contributed by atoms with Gasteiger partial charge in [0, 0.05) is 22.6 Å². The van der Waals surface area contributed by atoms with Crippen LogP contribution < -0.4 is 9.62 Å². The van der Waals surface area contributed by atoms with Crippen molar-refractivity contribution >= 4 is 55.1 Å². The van der Waals surface area contributed by atoms with Crippen molar-refractivity contribution in [2.75, 3.05) is 23.7 Å². The normalized spacial score (nSPS) is 12.3. The highest BCUT2D eigenvalue weighted by Gasteiger charge is 2.32. The third kappa shape index (κ3) is 7.99. The van der Waals surface area contributed by atoms with Gasteiger partial charge in [0.1, 0.15) is 12.6 Å². The molecular formula is C24H31BrClN3O4S. The third-order valence-electron chi connectivity index (χ3n) is 5.14. The predicted molar refractivity (Wildman–Crippen MR) is 140 cm³/mol. The molecule has 1 N–H and O–H groups in total. The topological polar surface area (TPSA) is 86.8 Å². The van der Waals surface area contributed by atoms with E-state index >= 15 is 0 Å². The standard InChI is InChI=1S/C24H31BrClN3O4S/c1-5-21(24(31)27-14-17(2)3)28(15-18-10-12-19(26)13-11-18)23(30)16-29(34(4,32)33)22-9-7-6-8-20(22)25/h6-13,17,21H,5,14-16H2,1-4H3,(H,27,31). The van der Waals surface area contributed by atoms with Crippen LogP contribution in [0.25, 0.3) is 0 Å². The first-order valence-electron chi connectivity index (χ1n) is 11.0. The van der Waals surface area contributed by atoms with Gasteiger partial charge < -0.3 is 10.2 Å². The van der Waals surface area contributed by atoms with Crippen LogP contribution in [0.5, 0.6) is 0 Å². The van der Waals surface area contributed by atoms with Crippen molar-refractivity contribution in [2.45, 2.75) is 39.8 Å². The van der Waals surface area contributed by atoms with Crippen LogP contribution in [0, 0.1) is 5.92 Å². The van der Waals surface area contributed by atoms with Gasteiger partial charge in [-0.3, -0.25) is 13.9 Å². The molecule has 0 aliphatic heterocycles. The Hall–Kier alpha value is -2.10. The van der Waals surface area contributed by atoms with E-state index in [1.165, 1.54) is 4.90 Å². The quantitative estimate of drug-likeness (QED) is 0.431. The Balaban J connectivity index is 2.42. The Bertz CT molecular complexity index is 1090. The zero-order chi connectivity index (χ0) is 25.5. The maximum Gasteiger partial charge on any atom is 0.244 e. The number of benzene rings is 2. The predicted octanol–water partition coefficient (Wildman–Crippen LogP) is 4.45. The second-order valence-corrected chi connectivity index (χ2v) is 11.6. The van der Waals surface area contributed by atoms with E-state index in [4.69, 9.17) is 11.6 Å². The summed E-state index contributed by atoms with van der Waals surface area (Å²) in [6.45, 7) is 5.97. The van der Waals surface area contributed by atoms with Gasteiger partial charge in [0.05, 0.1) is 11.9 Å². The summed E-state index contributed by atoms with van der Waals surface area (Å²) in [6, 6.07) is 13.0. The molecule has 0 saturated heterocycles. The lowest BCUT2D eigenvalue weighted by Crippen LogP contribution is -2.52. The van der Waals surface area contributed by atoms with Crippen molar-refractivity contribution in [1.82, 2.24) is 10.2 Å². The highest BCUT2D eigenvalue weighted by Crippen LogP contribution is 2.28. The molecule has 2 aromatic carbocycles. The van der Waals surface area contributed by atoms with E-state index in [1.54, 1.807) is 48.5 Å². The molecule has 0 aliphatic carbocycles. The van der Waals surface area contributed by atoms with Crippen molar-refractivity contribution in [3.63, 3.8) is 0 Å². The lowest BCUT2D eigenvalue weighted by molar-refractivity contribution is -0.140. The maximum absolute atomic E-state index is 13.6. The molecule has 1 atom stereocenters. The van der Waals surface area contributed by atoms with E-state index in [9.17, 15) is 18.0 Å². The minimum atomic E-state index is -3.78. The number of halogens is 2. The lowest BCUT2D eigenvalue weighted by atomic mass is 10.1. The minimum absolute atomic E-state index is 0.136. The van der Waals surface area contributed by atoms with E-state index in [1.807, 2.05) is 20.8 Å². The Morgan fingerprint density at radius 1 is 1.09 bits per heavy atom. The molecule has 1 unspecified atom stereocenters. The van der Waals surface area contributed by atoms with Crippen LogP contribution in [-0.2, 0) is 26.2 Å². The number of hydrogen-bond acceptors (Lipinski definition) is 4. The Labute approximate surface area is 215 Å². The summed E-state index contributed by atoms with van der Waals surface area (Å²) in [4.78, 5) is 28.0. The number of nitrogens with zero attached hydrogens (tertiary/aromatic N) is 2. The molecule has 0 aromatic heterocycles. The van der Waals surface area contributed by atoms with Crippen LogP contribution in [-0.4, -0.2) is 50.5 Å². The van der Waals surface area contributed by atoms with Crippen molar-refractivity contribution in [1.29, 1.82) is 0 Å². The molecule has 10 heteroatoms. The van der Waals surface area contributed by atoms with Gasteiger partial charge >= 0.3 is 0 Å².